The van der Waals surface area contributed by atoms with Crippen molar-refractivity contribution in [3.63, 3.8) is 0 Å². The van der Waals surface area contributed by atoms with Crippen molar-refractivity contribution in [3.8, 4) is 0 Å². The molecule has 0 saturated heterocycles. The van der Waals surface area contributed by atoms with Crippen molar-refractivity contribution in [2.45, 2.75) is 69.3 Å². The minimum Gasteiger partial charge on any atom is -0.391 e. The van der Waals surface area contributed by atoms with Crippen molar-refractivity contribution < 1.29 is 19.5 Å². The number of nitrogens with one attached hydrogen (secondary N) is 4. The summed E-state index contributed by atoms with van der Waals surface area (Å²) in [6.45, 7) is 1.99. The summed E-state index contributed by atoms with van der Waals surface area (Å²) in [6, 6.07) is 13.5. The van der Waals surface area contributed by atoms with E-state index >= 15 is 0 Å². The van der Waals surface area contributed by atoms with Crippen LogP contribution in [-0.2, 0) is 27.2 Å². The fourth-order valence-corrected chi connectivity index (χ4v) is 5.46. The number of para-hydroxylation sites is 1. The Hall–Kier alpha value is -4.55. The number of nitrogens with two attached hydrogens (primary N) is 1. The van der Waals surface area contributed by atoms with E-state index in [1.807, 2.05) is 60.8 Å². The van der Waals surface area contributed by atoms with Crippen LogP contribution in [0, 0.1) is 0 Å². The SMILES string of the molecule is C[C@@H](O)[C@@H]1NC(=O)[C@H](CCCCN)NC(=O)[C@@H](Cc2c[nH]c3ccccc23)NC(=O)[C@@H](Cc2ccccc2)n2cc1nn2. The molecule has 4 aromatic rings. The molecule has 0 aliphatic carbocycles. The molecule has 7 N–H and O–H groups in total. The second kappa shape index (κ2) is 13.6. The van der Waals surface area contributed by atoms with Gasteiger partial charge in [0.1, 0.15) is 29.9 Å². The Bertz CT molecular complexity index is 1550. The molecule has 0 fully saturated rings. The maximum Gasteiger partial charge on any atom is 0.245 e. The van der Waals surface area contributed by atoms with Crippen LogP contribution in [0.2, 0.25) is 0 Å². The van der Waals surface area contributed by atoms with Crippen molar-refractivity contribution >= 4 is 28.6 Å². The van der Waals surface area contributed by atoms with E-state index in [0.29, 0.717) is 31.5 Å². The minimum atomic E-state index is -1.02. The Kier molecular flexibility index (Phi) is 9.48. The van der Waals surface area contributed by atoms with Crippen LogP contribution in [0.4, 0.5) is 0 Å². The first-order chi connectivity index (χ1) is 20.8. The summed E-state index contributed by atoms with van der Waals surface area (Å²) < 4.78 is 1.43. The van der Waals surface area contributed by atoms with Gasteiger partial charge in [-0.2, -0.15) is 0 Å². The fourth-order valence-electron chi connectivity index (χ4n) is 5.46. The molecule has 0 unspecified atom stereocenters. The molecule has 2 aromatic heterocycles. The third kappa shape index (κ3) is 7.09. The van der Waals surface area contributed by atoms with E-state index in [2.05, 4.69) is 31.2 Å². The van der Waals surface area contributed by atoms with Crippen LogP contribution in [0.1, 0.15) is 55.1 Å². The predicted octanol–water partition coefficient (Wildman–Crippen LogP) is 1.44. The number of benzene rings is 2. The van der Waals surface area contributed by atoms with Gasteiger partial charge >= 0.3 is 0 Å². The summed E-state index contributed by atoms with van der Waals surface area (Å²) in [6.07, 6.45) is 4.45. The maximum absolute atomic E-state index is 14.0. The highest BCUT2D eigenvalue weighted by Crippen LogP contribution is 2.22. The van der Waals surface area contributed by atoms with Gasteiger partial charge in [0.2, 0.25) is 17.7 Å². The van der Waals surface area contributed by atoms with E-state index < -0.39 is 48.0 Å². The molecule has 3 amide bonds. The summed E-state index contributed by atoms with van der Waals surface area (Å²) in [4.78, 5) is 44.7. The standard InChI is InChI=1S/C31H38N8O4/c1-19(40)28-26-18-39(38-37-26)27(15-20-9-3-2-4-10-20)31(43)35-25(16-21-17-33-23-12-6-5-11-22(21)23)30(42)34-24(29(41)36-28)13-7-8-14-32/h2-6,9-12,17-19,24-25,27-28,33,40H,7-8,13-16,32H2,1H3,(H,34,42)(H,35,43)(H,36,41)/t19-,24+,25-,27-,28+/m1/s1. The second-order valence-corrected chi connectivity index (χ2v) is 11.0. The third-order valence-electron chi connectivity index (χ3n) is 7.83. The van der Waals surface area contributed by atoms with E-state index in [0.717, 1.165) is 22.0 Å². The zero-order valence-corrected chi connectivity index (χ0v) is 24.1. The molecule has 5 atom stereocenters. The minimum absolute atomic E-state index is 0.190. The molecule has 12 heteroatoms. The lowest BCUT2D eigenvalue weighted by atomic mass is 10.0. The molecular weight excluding hydrogens is 548 g/mol. The first-order valence-corrected chi connectivity index (χ1v) is 14.6. The Morgan fingerprint density at radius 3 is 2.40 bits per heavy atom. The van der Waals surface area contributed by atoms with Gasteiger partial charge in [-0.3, -0.25) is 14.4 Å². The van der Waals surface area contributed by atoms with Crippen LogP contribution >= 0.6 is 0 Å². The second-order valence-electron chi connectivity index (χ2n) is 11.0. The van der Waals surface area contributed by atoms with E-state index in [1.54, 1.807) is 6.20 Å². The monoisotopic (exact) mass is 586 g/mol. The number of rotatable bonds is 9. The van der Waals surface area contributed by atoms with Crippen LogP contribution < -0.4 is 21.7 Å². The predicted molar refractivity (Wildman–Crippen MR) is 161 cm³/mol. The highest BCUT2D eigenvalue weighted by molar-refractivity contribution is 5.94. The van der Waals surface area contributed by atoms with Gasteiger partial charge in [0, 0.05) is 29.9 Å². The van der Waals surface area contributed by atoms with E-state index in [1.165, 1.54) is 11.6 Å². The average Bonchev–Trinajstić information content (AvgIpc) is 3.65. The highest BCUT2D eigenvalue weighted by Gasteiger charge is 2.34. The number of amides is 3. The summed E-state index contributed by atoms with van der Waals surface area (Å²) in [5.41, 5.74) is 8.64. The number of fused-ring (bicyclic) bond motifs is 3. The number of H-pyrrole nitrogens is 1. The van der Waals surface area contributed by atoms with E-state index in [4.69, 9.17) is 5.73 Å². The molecule has 2 aromatic carbocycles. The van der Waals surface area contributed by atoms with Gasteiger partial charge in [0.05, 0.1) is 12.3 Å². The van der Waals surface area contributed by atoms with E-state index in [-0.39, 0.29) is 12.8 Å². The van der Waals surface area contributed by atoms with Gasteiger partial charge in [-0.15, -0.1) is 5.10 Å². The molecule has 3 heterocycles. The largest absolute Gasteiger partial charge is 0.391 e. The van der Waals surface area contributed by atoms with Gasteiger partial charge in [-0.1, -0.05) is 53.7 Å². The van der Waals surface area contributed by atoms with Gasteiger partial charge in [-0.05, 0) is 49.9 Å². The van der Waals surface area contributed by atoms with Crippen LogP contribution in [-0.4, -0.2) is 67.5 Å². The molecule has 0 radical (unpaired) electrons. The van der Waals surface area contributed by atoms with Crippen molar-refractivity contribution in [3.05, 3.63) is 83.8 Å². The molecule has 0 spiro atoms. The topological polar surface area (TPSA) is 180 Å². The number of carbonyl (C=O) groups excluding carboxylic acids is 3. The third-order valence-corrected chi connectivity index (χ3v) is 7.83. The molecule has 226 valence electrons. The molecular formula is C31H38N8O4. The van der Waals surface area contributed by atoms with Crippen LogP contribution in [0.25, 0.3) is 10.9 Å². The van der Waals surface area contributed by atoms with E-state index in [9.17, 15) is 19.5 Å². The Labute approximate surface area is 249 Å². The normalized spacial score (nSPS) is 22.1. The van der Waals surface area contributed by atoms with Crippen molar-refractivity contribution in [1.29, 1.82) is 0 Å². The summed E-state index contributed by atoms with van der Waals surface area (Å²) in [5.74, 6) is -1.38. The number of aromatic nitrogens is 4. The number of aromatic amines is 1. The van der Waals surface area contributed by atoms with Gasteiger partial charge in [0.25, 0.3) is 0 Å². The zero-order valence-electron chi connectivity index (χ0n) is 24.1. The average molecular weight is 587 g/mol. The lowest BCUT2D eigenvalue weighted by molar-refractivity contribution is -0.133. The highest BCUT2D eigenvalue weighted by atomic mass is 16.3. The van der Waals surface area contributed by atoms with Gasteiger partial charge in [-0.25, -0.2) is 4.68 Å². The number of hydrogen-bond acceptors (Lipinski definition) is 7. The van der Waals surface area contributed by atoms with Crippen molar-refractivity contribution in [2.75, 3.05) is 6.54 Å². The first-order valence-electron chi connectivity index (χ1n) is 14.6. The van der Waals surface area contributed by atoms with Gasteiger partial charge < -0.3 is 31.8 Å². The maximum atomic E-state index is 14.0. The number of hydrogen-bond donors (Lipinski definition) is 6. The lowest BCUT2D eigenvalue weighted by Gasteiger charge is -2.26. The molecule has 2 bridgehead atoms. The number of aliphatic hydroxyl groups is 1. The summed E-state index contributed by atoms with van der Waals surface area (Å²) in [5, 5.41) is 28.7. The quantitative estimate of drug-likeness (QED) is 0.161. The first kappa shape index (κ1) is 29.9. The number of unbranched alkanes of at least 4 members (excludes halogenated alkanes) is 1. The lowest BCUT2D eigenvalue weighted by Crippen LogP contribution is -2.55. The smallest absolute Gasteiger partial charge is 0.245 e. The Morgan fingerprint density at radius 1 is 0.907 bits per heavy atom. The van der Waals surface area contributed by atoms with Crippen molar-refractivity contribution in [1.82, 2.24) is 35.9 Å². The number of nitrogens with zero attached hydrogens (tertiary/aromatic N) is 3. The van der Waals surface area contributed by atoms with Crippen LogP contribution in [0.15, 0.2) is 67.0 Å². The van der Waals surface area contributed by atoms with Gasteiger partial charge in [0.15, 0.2) is 0 Å². The summed E-state index contributed by atoms with van der Waals surface area (Å²) in [7, 11) is 0. The molecule has 0 saturated carbocycles. The summed E-state index contributed by atoms with van der Waals surface area (Å²) >= 11 is 0. The van der Waals surface area contributed by atoms with Crippen molar-refractivity contribution in [2.24, 2.45) is 5.73 Å². The Morgan fingerprint density at radius 2 is 1.63 bits per heavy atom. The number of carbonyl (C=O) groups is 3. The molecule has 1 aliphatic heterocycles. The molecule has 1 aliphatic rings. The fraction of sp³-hybridized carbons (Fsp3) is 0.387. The van der Waals surface area contributed by atoms with Crippen LogP contribution in [0.5, 0.6) is 0 Å². The molecule has 43 heavy (non-hydrogen) atoms. The number of aliphatic hydroxyl groups excluding tert-OH is 1. The molecule has 12 nitrogen and oxygen atoms in total. The molecule has 5 rings (SSSR count). The zero-order chi connectivity index (χ0) is 30.3. The van der Waals surface area contributed by atoms with Crippen LogP contribution in [0.3, 0.4) is 0 Å². The Balaban J connectivity index is 1.54.